The minimum atomic E-state index is 0.520. The van der Waals surface area contributed by atoms with Gasteiger partial charge in [0.05, 0.1) is 48.3 Å². The van der Waals surface area contributed by atoms with E-state index in [0.29, 0.717) is 42.7 Å². The fourth-order valence-corrected chi connectivity index (χ4v) is 3.36. The van der Waals surface area contributed by atoms with Crippen LogP contribution in [-0.2, 0) is 17.8 Å². The van der Waals surface area contributed by atoms with Crippen molar-refractivity contribution >= 4 is 34.9 Å². The van der Waals surface area contributed by atoms with Crippen LogP contribution in [0, 0.1) is 5.41 Å². The Balaban J connectivity index is 1.80. The topological polar surface area (TPSA) is 139 Å². The van der Waals surface area contributed by atoms with E-state index in [1.165, 1.54) is 17.6 Å². The molecule has 0 bridgehead atoms. The first-order valence-corrected chi connectivity index (χ1v) is 9.40. The van der Waals surface area contributed by atoms with Crippen LogP contribution >= 0.6 is 11.3 Å². The van der Waals surface area contributed by atoms with Gasteiger partial charge in [0.25, 0.3) is 0 Å². The molecule has 28 heavy (non-hydrogen) atoms. The first-order chi connectivity index (χ1) is 13.6. The lowest BCUT2D eigenvalue weighted by Crippen LogP contribution is -2.18. The third kappa shape index (κ3) is 4.63. The van der Waals surface area contributed by atoms with Crippen molar-refractivity contribution in [1.82, 2.24) is 25.2 Å². The van der Waals surface area contributed by atoms with Gasteiger partial charge >= 0.3 is 0 Å². The molecule has 3 aromatic rings. The fraction of sp³-hybridized carbons (Fsp3) is 0.294. The molecule has 0 unspecified atom stereocenters. The summed E-state index contributed by atoms with van der Waals surface area (Å²) < 4.78 is 6.88. The van der Waals surface area contributed by atoms with Crippen molar-refractivity contribution in [2.45, 2.75) is 13.1 Å². The molecule has 0 aliphatic carbocycles. The predicted octanol–water partition coefficient (Wildman–Crippen LogP) is 1.79. The molecule has 0 aromatic carbocycles. The normalized spacial score (nSPS) is 10.8. The van der Waals surface area contributed by atoms with Gasteiger partial charge in [0.15, 0.2) is 11.6 Å². The molecule has 6 N–H and O–H groups in total. The molecular formula is C17H23N9OS. The third-order valence-electron chi connectivity index (χ3n) is 3.87. The van der Waals surface area contributed by atoms with Gasteiger partial charge in [0, 0.05) is 37.0 Å². The van der Waals surface area contributed by atoms with E-state index in [1.807, 2.05) is 12.3 Å². The van der Waals surface area contributed by atoms with E-state index >= 15 is 0 Å². The molecule has 0 atom stereocenters. The van der Waals surface area contributed by atoms with E-state index in [4.69, 9.17) is 15.9 Å². The lowest BCUT2D eigenvalue weighted by atomic mass is 10.2. The van der Waals surface area contributed by atoms with Gasteiger partial charge in [-0.2, -0.15) is 5.10 Å². The molecule has 0 fully saturated rings. The van der Waals surface area contributed by atoms with E-state index in [2.05, 4.69) is 31.2 Å². The standard InChI is InChI=1S/C17H23N9OS/c1-20-25-17-16(21-8-12-5-13(19)15(6-18)28-12)24-14(9-22-17)11-7-23-26(10-11)3-4-27-2/h5-7,9-10,18,20H,3-4,8,19H2,1-2H3,(H,21,24)(H,22,25). The number of hydrogen-bond acceptors (Lipinski definition) is 10. The van der Waals surface area contributed by atoms with Crippen LogP contribution in [0.4, 0.5) is 17.3 Å². The third-order valence-corrected chi connectivity index (χ3v) is 4.97. The highest BCUT2D eigenvalue weighted by Gasteiger charge is 2.12. The molecule has 0 saturated carbocycles. The number of thiophene rings is 1. The van der Waals surface area contributed by atoms with Crippen LogP contribution in [-0.4, -0.2) is 46.7 Å². The van der Waals surface area contributed by atoms with Crippen molar-refractivity contribution in [1.29, 1.82) is 5.41 Å². The number of nitrogens with zero attached hydrogens (tertiary/aromatic N) is 4. The number of hydrazine groups is 1. The van der Waals surface area contributed by atoms with Gasteiger partial charge in [0.2, 0.25) is 0 Å². The number of anilines is 3. The Morgan fingerprint density at radius 3 is 2.93 bits per heavy atom. The van der Waals surface area contributed by atoms with Gasteiger partial charge in [-0.1, -0.05) is 0 Å². The van der Waals surface area contributed by atoms with Gasteiger partial charge in [-0.15, -0.1) is 11.3 Å². The van der Waals surface area contributed by atoms with Crippen molar-refractivity contribution in [3.8, 4) is 11.3 Å². The predicted molar refractivity (Wildman–Crippen MR) is 112 cm³/mol. The Kier molecular flexibility index (Phi) is 6.53. The molecule has 11 heteroatoms. The van der Waals surface area contributed by atoms with Crippen LogP contribution in [0.25, 0.3) is 11.3 Å². The summed E-state index contributed by atoms with van der Waals surface area (Å²) in [6.45, 7) is 1.78. The quantitative estimate of drug-likeness (QED) is 0.256. The van der Waals surface area contributed by atoms with Crippen molar-refractivity contribution in [2.75, 3.05) is 37.2 Å². The van der Waals surface area contributed by atoms with Crippen LogP contribution in [0.2, 0.25) is 0 Å². The molecule has 0 amide bonds. The number of hydrogen-bond donors (Lipinski definition) is 5. The van der Waals surface area contributed by atoms with E-state index in [0.717, 1.165) is 15.3 Å². The second-order valence-corrected chi connectivity index (χ2v) is 7.01. The number of aromatic nitrogens is 4. The Bertz CT molecular complexity index is 937. The lowest BCUT2D eigenvalue weighted by Gasteiger charge is -2.12. The average molecular weight is 402 g/mol. The zero-order valence-electron chi connectivity index (χ0n) is 15.7. The van der Waals surface area contributed by atoms with Crippen LogP contribution < -0.4 is 21.9 Å². The van der Waals surface area contributed by atoms with Gasteiger partial charge in [-0.25, -0.2) is 15.4 Å². The first-order valence-electron chi connectivity index (χ1n) is 8.58. The maximum Gasteiger partial charge on any atom is 0.183 e. The lowest BCUT2D eigenvalue weighted by molar-refractivity contribution is 0.183. The zero-order chi connectivity index (χ0) is 19.9. The highest BCUT2D eigenvalue weighted by Crippen LogP contribution is 2.26. The number of nitrogens with one attached hydrogen (secondary N) is 4. The van der Waals surface area contributed by atoms with Crippen molar-refractivity contribution < 1.29 is 4.74 Å². The van der Waals surface area contributed by atoms with Gasteiger partial charge < -0.3 is 26.6 Å². The first kappa shape index (κ1) is 19.7. The molecule has 10 nitrogen and oxygen atoms in total. The summed E-state index contributed by atoms with van der Waals surface area (Å²) in [4.78, 5) is 10.9. The number of ether oxygens (including phenoxy) is 1. The number of rotatable bonds is 10. The summed E-state index contributed by atoms with van der Waals surface area (Å²) in [5.41, 5.74) is 13.9. The number of nitrogens with two attached hydrogens (primary N) is 1. The van der Waals surface area contributed by atoms with Crippen LogP contribution in [0.5, 0.6) is 0 Å². The summed E-state index contributed by atoms with van der Waals surface area (Å²) in [6.07, 6.45) is 6.62. The van der Waals surface area contributed by atoms with Crippen molar-refractivity contribution in [2.24, 2.45) is 0 Å². The minimum Gasteiger partial charge on any atom is -0.398 e. The van der Waals surface area contributed by atoms with Crippen LogP contribution in [0.3, 0.4) is 0 Å². The molecule has 3 rings (SSSR count). The molecule has 0 aliphatic rings. The molecule has 0 saturated heterocycles. The van der Waals surface area contributed by atoms with Gasteiger partial charge in [0.1, 0.15) is 0 Å². The molecule has 3 heterocycles. The summed E-state index contributed by atoms with van der Waals surface area (Å²) in [7, 11) is 3.42. The average Bonchev–Trinajstić information content (AvgIpc) is 3.32. The maximum atomic E-state index is 7.38. The monoisotopic (exact) mass is 401 g/mol. The maximum absolute atomic E-state index is 7.38. The van der Waals surface area contributed by atoms with Crippen molar-refractivity contribution in [3.05, 3.63) is 34.4 Å². The van der Waals surface area contributed by atoms with E-state index in [1.54, 1.807) is 31.2 Å². The van der Waals surface area contributed by atoms with Gasteiger partial charge in [-0.05, 0) is 6.07 Å². The largest absolute Gasteiger partial charge is 0.398 e. The Morgan fingerprint density at radius 1 is 1.36 bits per heavy atom. The molecule has 0 aliphatic heterocycles. The van der Waals surface area contributed by atoms with E-state index in [-0.39, 0.29) is 0 Å². The molecule has 3 aromatic heterocycles. The molecular weight excluding hydrogens is 378 g/mol. The van der Waals surface area contributed by atoms with E-state index in [9.17, 15) is 0 Å². The smallest absolute Gasteiger partial charge is 0.183 e. The Morgan fingerprint density at radius 2 is 2.21 bits per heavy atom. The van der Waals surface area contributed by atoms with Crippen LogP contribution in [0.1, 0.15) is 9.75 Å². The van der Waals surface area contributed by atoms with E-state index < -0.39 is 0 Å². The van der Waals surface area contributed by atoms with Gasteiger partial charge in [-0.3, -0.25) is 4.68 Å². The number of methoxy groups -OCH3 is 1. The zero-order valence-corrected chi connectivity index (χ0v) is 16.5. The second-order valence-electron chi connectivity index (χ2n) is 5.84. The summed E-state index contributed by atoms with van der Waals surface area (Å²) in [5, 5.41) is 15.0. The molecule has 0 spiro atoms. The summed E-state index contributed by atoms with van der Waals surface area (Å²) >= 11 is 1.47. The summed E-state index contributed by atoms with van der Waals surface area (Å²) in [6, 6.07) is 1.86. The Labute approximate surface area is 166 Å². The highest BCUT2D eigenvalue weighted by molar-refractivity contribution is 7.14. The molecule has 148 valence electrons. The second kappa shape index (κ2) is 9.26. The van der Waals surface area contributed by atoms with Crippen LogP contribution in [0.15, 0.2) is 24.7 Å². The van der Waals surface area contributed by atoms with Crippen molar-refractivity contribution in [3.63, 3.8) is 0 Å². The minimum absolute atomic E-state index is 0.520. The SMILES string of the molecule is CNNc1ncc(-c2cnn(CCOC)c2)nc1NCc1cc(N)c(C=N)s1. The fourth-order valence-electron chi connectivity index (χ4n) is 2.51. The highest BCUT2D eigenvalue weighted by atomic mass is 32.1. The Hall–Kier alpha value is -3.02. The number of nitrogen functional groups attached to an aromatic ring is 1. The summed E-state index contributed by atoms with van der Waals surface area (Å²) in [5.74, 6) is 1.18. The molecule has 0 radical (unpaired) electrons.